The van der Waals surface area contributed by atoms with E-state index < -0.39 is 5.97 Å². The van der Waals surface area contributed by atoms with Crippen LogP contribution in [0.15, 0.2) is 36.4 Å². The molecule has 0 bridgehead atoms. The lowest BCUT2D eigenvalue weighted by molar-refractivity contribution is 0.0692. The fourth-order valence-electron chi connectivity index (χ4n) is 1.81. The zero-order valence-corrected chi connectivity index (χ0v) is 12.6. The van der Waals surface area contributed by atoms with Gasteiger partial charge in [0.25, 0.3) is 0 Å². The van der Waals surface area contributed by atoms with Crippen LogP contribution in [0.25, 0.3) is 0 Å². The Hall–Kier alpha value is -1.91. The molecule has 110 valence electrons. The maximum absolute atomic E-state index is 11.2. The Kier molecular flexibility index (Phi) is 4.94. The predicted octanol–water partition coefficient (Wildman–Crippen LogP) is 4.28. The number of rotatable bonds is 5. The van der Waals surface area contributed by atoms with Crippen LogP contribution in [0.2, 0.25) is 10.0 Å². The first-order valence-corrected chi connectivity index (χ1v) is 6.75. The Bertz CT molecular complexity index is 671. The van der Waals surface area contributed by atoms with Crippen LogP contribution in [-0.4, -0.2) is 18.2 Å². The van der Waals surface area contributed by atoms with Gasteiger partial charge in [0, 0.05) is 15.6 Å². The van der Waals surface area contributed by atoms with Crippen molar-refractivity contribution in [3.63, 3.8) is 0 Å². The minimum atomic E-state index is -1.08. The summed E-state index contributed by atoms with van der Waals surface area (Å²) in [7, 11) is 1.54. The number of carbonyl (C=O) groups is 1. The quantitative estimate of drug-likeness (QED) is 0.890. The molecule has 2 aromatic carbocycles. The number of benzene rings is 2. The molecular formula is C15H12Cl2O4. The number of hydrogen-bond donors (Lipinski definition) is 1. The summed E-state index contributed by atoms with van der Waals surface area (Å²) in [6, 6.07) is 9.48. The van der Waals surface area contributed by atoms with E-state index in [1.54, 1.807) is 18.2 Å². The first kappa shape index (κ1) is 15.5. The van der Waals surface area contributed by atoms with Crippen LogP contribution in [0.4, 0.5) is 0 Å². The summed E-state index contributed by atoms with van der Waals surface area (Å²) < 4.78 is 10.8. The van der Waals surface area contributed by atoms with Gasteiger partial charge in [-0.3, -0.25) is 0 Å². The SMILES string of the molecule is COc1ccc(Cl)cc1COc1cc(Cl)ccc1C(=O)O. The van der Waals surface area contributed by atoms with Gasteiger partial charge in [0.15, 0.2) is 0 Å². The molecule has 0 heterocycles. The highest BCUT2D eigenvalue weighted by atomic mass is 35.5. The third-order valence-corrected chi connectivity index (χ3v) is 3.27. The van der Waals surface area contributed by atoms with Gasteiger partial charge in [-0.1, -0.05) is 23.2 Å². The van der Waals surface area contributed by atoms with Gasteiger partial charge < -0.3 is 14.6 Å². The van der Waals surface area contributed by atoms with Crippen LogP contribution < -0.4 is 9.47 Å². The molecule has 0 aliphatic heterocycles. The van der Waals surface area contributed by atoms with Crippen LogP contribution in [0.1, 0.15) is 15.9 Å². The molecule has 6 heteroatoms. The molecule has 0 fully saturated rings. The van der Waals surface area contributed by atoms with E-state index in [9.17, 15) is 4.79 Å². The Morgan fingerprint density at radius 2 is 1.76 bits per heavy atom. The summed E-state index contributed by atoms with van der Waals surface area (Å²) in [5.74, 6) is -0.282. The summed E-state index contributed by atoms with van der Waals surface area (Å²) in [4.78, 5) is 11.2. The molecule has 0 atom stereocenters. The number of ether oxygens (including phenoxy) is 2. The van der Waals surface area contributed by atoms with Gasteiger partial charge >= 0.3 is 5.97 Å². The molecule has 4 nitrogen and oxygen atoms in total. The largest absolute Gasteiger partial charge is 0.496 e. The molecule has 2 aromatic rings. The summed E-state index contributed by atoms with van der Waals surface area (Å²) >= 11 is 11.8. The standard InChI is InChI=1S/C15H12Cl2O4/c1-20-13-5-3-10(16)6-9(13)8-21-14-7-11(17)2-4-12(14)15(18)19/h2-7H,8H2,1H3,(H,18,19). The topological polar surface area (TPSA) is 55.8 Å². The Morgan fingerprint density at radius 3 is 2.43 bits per heavy atom. The van der Waals surface area contributed by atoms with E-state index in [1.165, 1.54) is 25.3 Å². The molecule has 2 rings (SSSR count). The highest BCUT2D eigenvalue weighted by Gasteiger charge is 2.13. The summed E-state index contributed by atoms with van der Waals surface area (Å²) in [5.41, 5.74) is 0.752. The van der Waals surface area contributed by atoms with E-state index in [0.717, 1.165) is 0 Å². The average Bonchev–Trinajstić information content (AvgIpc) is 2.45. The molecule has 0 unspecified atom stereocenters. The number of methoxy groups -OCH3 is 1. The molecule has 21 heavy (non-hydrogen) atoms. The normalized spacial score (nSPS) is 10.2. The van der Waals surface area contributed by atoms with Gasteiger partial charge in [0.2, 0.25) is 0 Å². The van der Waals surface area contributed by atoms with E-state index in [2.05, 4.69) is 0 Å². The fraction of sp³-hybridized carbons (Fsp3) is 0.133. The highest BCUT2D eigenvalue weighted by Crippen LogP contribution is 2.27. The number of carboxylic acids is 1. The van der Waals surface area contributed by atoms with Crippen molar-refractivity contribution in [1.29, 1.82) is 0 Å². The lowest BCUT2D eigenvalue weighted by atomic mass is 10.2. The molecule has 0 amide bonds. The number of hydrogen-bond acceptors (Lipinski definition) is 3. The van der Waals surface area contributed by atoms with E-state index in [4.69, 9.17) is 37.8 Å². The molecule has 1 N–H and O–H groups in total. The summed E-state index contributed by atoms with van der Waals surface area (Å²) in [6.07, 6.45) is 0. The van der Waals surface area contributed by atoms with Crippen molar-refractivity contribution in [2.24, 2.45) is 0 Å². The van der Waals surface area contributed by atoms with Crippen molar-refractivity contribution in [3.05, 3.63) is 57.6 Å². The van der Waals surface area contributed by atoms with Crippen molar-refractivity contribution >= 4 is 29.2 Å². The average molecular weight is 327 g/mol. The molecule has 0 aliphatic rings. The summed E-state index contributed by atoms with van der Waals surface area (Å²) in [6.45, 7) is 0.115. The zero-order valence-electron chi connectivity index (χ0n) is 11.1. The molecule has 0 saturated carbocycles. The van der Waals surface area contributed by atoms with Gasteiger partial charge in [-0.05, 0) is 36.4 Å². The maximum Gasteiger partial charge on any atom is 0.339 e. The lowest BCUT2D eigenvalue weighted by Crippen LogP contribution is -2.04. The van der Waals surface area contributed by atoms with Crippen molar-refractivity contribution in [2.45, 2.75) is 6.61 Å². The van der Waals surface area contributed by atoms with Crippen LogP contribution in [-0.2, 0) is 6.61 Å². The predicted molar refractivity (Wildman–Crippen MR) is 80.7 cm³/mol. The number of aromatic carboxylic acids is 1. The third-order valence-electron chi connectivity index (χ3n) is 2.80. The van der Waals surface area contributed by atoms with E-state index in [1.807, 2.05) is 0 Å². The number of carboxylic acid groups (broad SMARTS) is 1. The first-order chi connectivity index (χ1) is 10.0. The Balaban J connectivity index is 2.26. The van der Waals surface area contributed by atoms with Gasteiger partial charge in [-0.25, -0.2) is 4.79 Å². The lowest BCUT2D eigenvalue weighted by Gasteiger charge is -2.12. The van der Waals surface area contributed by atoms with Crippen LogP contribution in [0.5, 0.6) is 11.5 Å². The highest BCUT2D eigenvalue weighted by molar-refractivity contribution is 6.31. The minimum Gasteiger partial charge on any atom is -0.496 e. The minimum absolute atomic E-state index is 0.0420. The molecule has 0 saturated heterocycles. The first-order valence-electron chi connectivity index (χ1n) is 5.99. The monoisotopic (exact) mass is 326 g/mol. The van der Waals surface area contributed by atoms with Crippen molar-refractivity contribution < 1.29 is 19.4 Å². The molecule has 0 aliphatic carbocycles. The second kappa shape index (κ2) is 6.70. The van der Waals surface area contributed by atoms with Crippen molar-refractivity contribution in [1.82, 2.24) is 0 Å². The summed E-state index contributed by atoms with van der Waals surface area (Å²) in [5, 5.41) is 10.1. The van der Waals surface area contributed by atoms with E-state index in [-0.39, 0.29) is 17.9 Å². The van der Waals surface area contributed by atoms with E-state index in [0.29, 0.717) is 21.4 Å². The zero-order chi connectivity index (χ0) is 15.4. The van der Waals surface area contributed by atoms with Gasteiger partial charge in [0.05, 0.1) is 7.11 Å². The van der Waals surface area contributed by atoms with Gasteiger partial charge in [0.1, 0.15) is 23.7 Å². The van der Waals surface area contributed by atoms with Gasteiger partial charge in [-0.15, -0.1) is 0 Å². The van der Waals surface area contributed by atoms with E-state index >= 15 is 0 Å². The van der Waals surface area contributed by atoms with Crippen LogP contribution >= 0.6 is 23.2 Å². The number of halogens is 2. The van der Waals surface area contributed by atoms with Gasteiger partial charge in [-0.2, -0.15) is 0 Å². The second-order valence-electron chi connectivity index (χ2n) is 4.19. The Morgan fingerprint density at radius 1 is 1.10 bits per heavy atom. The molecular weight excluding hydrogens is 315 g/mol. The fourth-order valence-corrected chi connectivity index (χ4v) is 2.16. The Labute approximate surface area is 131 Å². The smallest absolute Gasteiger partial charge is 0.339 e. The van der Waals surface area contributed by atoms with Crippen molar-refractivity contribution in [3.8, 4) is 11.5 Å². The van der Waals surface area contributed by atoms with Crippen LogP contribution in [0, 0.1) is 0 Å². The second-order valence-corrected chi connectivity index (χ2v) is 5.06. The maximum atomic E-state index is 11.2. The molecule has 0 radical (unpaired) electrons. The van der Waals surface area contributed by atoms with Crippen molar-refractivity contribution in [2.75, 3.05) is 7.11 Å². The molecule has 0 spiro atoms. The molecule has 0 aromatic heterocycles. The third kappa shape index (κ3) is 3.80. The van der Waals surface area contributed by atoms with Crippen LogP contribution in [0.3, 0.4) is 0 Å².